The molecule has 100 valence electrons. The van der Waals surface area contributed by atoms with Gasteiger partial charge in [-0.2, -0.15) is 4.98 Å². The van der Waals surface area contributed by atoms with Crippen molar-refractivity contribution < 1.29 is 9.26 Å². The average Bonchev–Trinajstić information content (AvgIpc) is 3.08. The van der Waals surface area contributed by atoms with E-state index in [2.05, 4.69) is 15.5 Å². The van der Waals surface area contributed by atoms with Crippen LogP contribution in [0.4, 0.5) is 0 Å². The van der Waals surface area contributed by atoms with Gasteiger partial charge < -0.3 is 14.6 Å². The lowest BCUT2D eigenvalue weighted by atomic mass is 9.89. The first-order chi connectivity index (χ1) is 8.88. The number of aromatic nitrogens is 2. The minimum absolute atomic E-state index is 0.208. The van der Waals surface area contributed by atoms with Gasteiger partial charge in [-0.3, -0.25) is 0 Å². The molecule has 2 unspecified atom stereocenters. The summed E-state index contributed by atoms with van der Waals surface area (Å²) in [5.74, 6) is 2.37. The van der Waals surface area contributed by atoms with Crippen LogP contribution in [-0.2, 0) is 4.74 Å². The Morgan fingerprint density at radius 1 is 1.17 bits per heavy atom. The van der Waals surface area contributed by atoms with Crippen molar-refractivity contribution in [3.05, 3.63) is 11.7 Å². The normalized spacial score (nSPS) is 29.8. The molecule has 1 saturated carbocycles. The van der Waals surface area contributed by atoms with E-state index in [9.17, 15) is 0 Å². The monoisotopic (exact) mass is 251 g/mol. The summed E-state index contributed by atoms with van der Waals surface area (Å²) < 4.78 is 10.9. The lowest BCUT2D eigenvalue weighted by Gasteiger charge is -2.17. The summed E-state index contributed by atoms with van der Waals surface area (Å²) in [6.45, 7) is 1.40. The van der Waals surface area contributed by atoms with Gasteiger partial charge in [0, 0.05) is 12.0 Å². The Labute approximate surface area is 107 Å². The molecule has 2 aliphatic rings. The van der Waals surface area contributed by atoms with Crippen LogP contribution in [0.15, 0.2) is 4.52 Å². The van der Waals surface area contributed by atoms with Gasteiger partial charge >= 0.3 is 0 Å². The van der Waals surface area contributed by atoms with Crippen LogP contribution in [0.3, 0.4) is 0 Å². The predicted molar refractivity (Wildman–Crippen MR) is 66.5 cm³/mol. The molecule has 1 aliphatic heterocycles. The maximum atomic E-state index is 5.48. The highest BCUT2D eigenvalue weighted by Gasteiger charge is 2.33. The number of ether oxygens (including phenoxy) is 1. The van der Waals surface area contributed by atoms with Gasteiger partial charge in [0.05, 0.1) is 19.1 Å². The van der Waals surface area contributed by atoms with Crippen molar-refractivity contribution in [2.75, 3.05) is 20.3 Å². The van der Waals surface area contributed by atoms with Crippen molar-refractivity contribution in [1.29, 1.82) is 0 Å². The van der Waals surface area contributed by atoms with Crippen LogP contribution < -0.4 is 5.32 Å². The van der Waals surface area contributed by atoms with E-state index in [-0.39, 0.29) is 5.92 Å². The Hall–Kier alpha value is -0.940. The first-order valence-corrected chi connectivity index (χ1v) is 6.97. The van der Waals surface area contributed by atoms with Gasteiger partial charge in [-0.05, 0) is 19.9 Å². The smallest absolute Gasteiger partial charge is 0.233 e. The van der Waals surface area contributed by atoms with Gasteiger partial charge in [0.25, 0.3) is 0 Å². The Kier molecular flexibility index (Phi) is 3.61. The van der Waals surface area contributed by atoms with Crippen LogP contribution in [0.2, 0.25) is 0 Å². The summed E-state index contributed by atoms with van der Waals surface area (Å²) in [6, 6.07) is 0.296. The zero-order valence-electron chi connectivity index (χ0n) is 10.9. The Morgan fingerprint density at radius 3 is 2.78 bits per heavy atom. The Balaban J connectivity index is 1.72. The molecule has 3 rings (SSSR count). The molecular formula is C13H21N3O2. The molecule has 2 heterocycles. The van der Waals surface area contributed by atoms with Gasteiger partial charge in [0.2, 0.25) is 5.89 Å². The van der Waals surface area contributed by atoms with Crippen LogP contribution in [0, 0.1) is 0 Å². The topological polar surface area (TPSA) is 60.2 Å². The number of rotatable bonds is 3. The van der Waals surface area contributed by atoms with E-state index in [1.165, 1.54) is 32.1 Å². The van der Waals surface area contributed by atoms with Crippen molar-refractivity contribution in [2.45, 2.75) is 50.0 Å². The predicted octanol–water partition coefficient (Wildman–Crippen LogP) is 1.82. The number of nitrogens with one attached hydrogen (secondary N) is 1. The first-order valence-electron chi connectivity index (χ1n) is 6.97. The molecule has 1 aliphatic carbocycles. The highest BCUT2D eigenvalue weighted by Crippen LogP contribution is 2.32. The van der Waals surface area contributed by atoms with Crippen molar-refractivity contribution in [3.8, 4) is 0 Å². The van der Waals surface area contributed by atoms with Crippen LogP contribution in [0.25, 0.3) is 0 Å². The molecule has 0 amide bonds. The molecular weight excluding hydrogens is 230 g/mol. The molecule has 2 atom stereocenters. The van der Waals surface area contributed by atoms with Gasteiger partial charge in [0.1, 0.15) is 0 Å². The zero-order valence-corrected chi connectivity index (χ0v) is 10.9. The second-order valence-electron chi connectivity index (χ2n) is 5.36. The highest BCUT2D eigenvalue weighted by molar-refractivity contribution is 5.05. The first kappa shape index (κ1) is 12.1. The number of hydrogen-bond acceptors (Lipinski definition) is 5. The molecule has 0 radical (unpaired) electrons. The zero-order chi connectivity index (χ0) is 12.4. The molecule has 18 heavy (non-hydrogen) atoms. The van der Waals surface area contributed by atoms with Gasteiger partial charge in [0.15, 0.2) is 5.82 Å². The minimum Gasteiger partial charge on any atom is -0.379 e. The Morgan fingerprint density at radius 2 is 2.00 bits per heavy atom. The molecule has 5 heteroatoms. The maximum absolute atomic E-state index is 5.48. The number of likely N-dealkylation sites (N-methyl/N-ethyl adjacent to an activating group) is 1. The quantitative estimate of drug-likeness (QED) is 0.888. The molecule has 1 aromatic rings. The molecule has 1 N–H and O–H groups in total. The fraction of sp³-hybridized carbons (Fsp3) is 0.846. The van der Waals surface area contributed by atoms with E-state index in [4.69, 9.17) is 9.26 Å². The fourth-order valence-electron chi connectivity index (χ4n) is 3.01. The van der Waals surface area contributed by atoms with Crippen molar-refractivity contribution >= 4 is 0 Å². The molecule has 5 nitrogen and oxygen atoms in total. The summed E-state index contributed by atoms with van der Waals surface area (Å²) in [6.07, 6.45) is 6.34. The van der Waals surface area contributed by atoms with E-state index in [1.54, 1.807) is 0 Å². The third-order valence-corrected chi connectivity index (χ3v) is 4.20. The number of hydrogen-bond donors (Lipinski definition) is 1. The fourth-order valence-corrected chi connectivity index (χ4v) is 3.01. The van der Waals surface area contributed by atoms with Crippen LogP contribution in [-0.4, -0.2) is 36.4 Å². The van der Waals surface area contributed by atoms with Crippen molar-refractivity contribution in [3.63, 3.8) is 0 Å². The Bertz CT molecular complexity index is 387. The molecule has 1 saturated heterocycles. The molecule has 0 aromatic carbocycles. The van der Waals surface area contributed by atoms with Crippen molar-refractivity contribution in [1.82, 2.24) is 15.5 Å². The van der Waals surface area contributed by atoms with Gasteiger partial charge in [-0.15, -0.1) is 0 Å². The summed E-state index contributed by atoms with van der Waals surface area (Å²) in [4.78, 5) is 4.62. The van der Waals surface area contributed by atoms with Gasteiger partial charge in [-0.25, -0.2) is 0 Å². The molecule has 1 aromatic heterocycles. The molecule has 0 spiro atoms. The third-order valence-electron chi connectivity index (χ3n) is 4.20. The summed E-state index contributed by atoms with van der Waals surface area (Å²) in [7, 11) is 1.95. The van der Waals surface area contributed by atoms with Crippen LogP contribution in [0.1, 0.15) is 55.7 Å². The van der Waals surface area contributed by atoms with Crippen LogP contribution in [0.5, 0.6) is 0 Å². The average molecular weight is 251 g/mol. The maximum Gasteiger partial charge on any atom is 0.233 e. The summed E-state index contributed by atoms with van der Waals surface area (Å²) >= 11 is 0. The van der Waals surface area contributed by atoms with E-state index >= 15 is 0 Å². The number of nitrogens with zero attached hydrogens (tertiary/aromatic N) is 2. The van der Waals surface area contributed by atoms with E-state index < -0.39 is 0 Å². The standard InChI is InChI=1S/C13H21N3O2/c1-14-11-8-17-7-10(11)13-15-12(16-18-13)9-5-3-2-4-6-9/h9-11,14H,2-8H2,1H3. The van der Waals surface area contributed by atoms with E-state index in [0.717, 1.165) is 18.3 Å². The van der Waals surface area contributed by atoms with Gasteiger partial charge in [-0.1, -0.05) is 24.4 Å². The second kappa shape index (κ2) is 5.36. The highest BCUT2D eigenvalue weighted by atomic mass is 16.5. The molecule has 0 bridgehead atoms. The molecule has 2 fully saturated rings. The lowest BCUT2D eigenvalue weighted by molar-refractivity contribution is 0.185. The summed E-state index contributed by atoms with van der Waals surface area (Å²) in [5.41, 5.74) is 0. The largest absolute Gasteiger partial charge is 0.379 e. The lowest BCUT2D eigenvalue weighted by Crippen LogP contribution is -2.31. The van der Waals surface area contributed by atoms with E-state index in [0.29, 0.717) is 18.6 Å². The minimum atomic E-state index is 0.208. The third kappa shape index (κ3) is 2.29. The second-order valence-corrected chi connectivity index (χ2v) is 5.36. The SMILES string of the molecule is CNC1COCC1c1nc(C2CCCCC2)no1. The van der Waals surface area contributed by atoms with E-state index in [1.807, 2.05) is 7.05 Å². The van der Waals surface area contributed by atoms with Crippen LogP contribution >= 0.6 is 0 Å². The van der Waals surface area contributed by atoms with Crippen molar-refractivity contribution in [2.24, 2.45) is 0 Å². The summed E-state index contributed by atoms with van der Waals surface area (Å²) in [5, 5.41) is 7.43.